The Hall–Kier alpha value is -1.93. The molecule has 4 rings (SSSR count). The van der Waals surface area contributed by atoms with Gasteiger partial charge in [0.25, 0.3) is 0 Å². The minimum Gasteiger partial charge on any atom is -0.339 e. The van der Waals surface area contributed by atoms with Crippen LogP contribution < -0.4 is 0 Å². The van der Waals surface area contributed by atoms with Gasteiger partial charge in [0, 0.05) is 46.6 Å². The molecule has 1 aromatic carbocycles. The minimum absolute atomic E-state index is 0.231. The number of imidazole rings is 1. The van der Waals surface area contributed by atoms with Crippen LogP contribution in [0.1, 0.15) is 50.8 Å². The number of fused-ring (bicyclic) bond motifs is 2. The van der Waals surface area contributed by atoms with Gasteiger partial charge in [0.2, 0.25) is 15.9 Å². The van der Waals surface area contributed by atoms with Crippen LogP contribution >= 0.6 is 0 Å². The van der Waals surface area contributed by atoms with Crippen LogP contribution in [0.5, 0.6) is 0 Å². The quantitative estimate of drug-likeness (QED) is 0.728. The van der Waals surface area contributed by atoms with Gasteiger partial charge >= 0.3 is 0 Å². The molecule has 0 spiro atoms. The Balaban J connectivity index is 1.50. The molecular weight excluding hydrogens is 400 g/mol. The van der Waals surface area contributed by atoms with Crippen molar-refractivity contribution in [3.8, 4) is 0 Å². The van der Waals surface area contributed by atoms with E-state index in [1.165, 1.54) is 44.1 Å². The highest BCUT2D eigenvalue weighted by atomic mass is 32.2. The fraction of sp³-hybridized carbons (Fsp3) is 0.636. The lowest BCUT2D eigenvalue weighted by Gasteiger charge is -2.44. The Morgan fingerprint density at radius 1 is 1.17 bits per heavy atom. The van der Waals surface area contributed by atoms with Gasteiger partial charge in [0.1, 0.15) is 5.82 Å². The molecule has 1 amide bonds. The van der Waals surface area contributed by atoms with Crippen LogP contribution in [0, 0.1) is 5.92 Å². The summed E-state index contributed by atoms with van der Waals surface area (Å²) in [5.41, 5.74) is 1.52. The number of rotatable bonds is 5. The van der Waals surface area contributed by atoms with Gasteiger partial charge < -0.3 is 9.47 Å². The van der Waals surface area contributed by atoms with Crippen molar-refractivity contribution in [2.45, 2.75) is 62.3 Å². The molecule has 1 saturated heterocycles. The van der Waals surface area contributed by atoms with Crippen LogP contribution in [0.15, 0.2) is 23.1 Å². The molecule has 8 heteroatoms. The van der Waals surface area contributed by atoms with Crippen molar-refractivity contribution in [2.24, 2.45) is 13.0 Å². The van der Waals surface area contributed by atoms with Gasteiger partial charge in [-0.1, -0.05) is 12.8 Å². The summed E-state index contributed by atoms with van der Waals surface area (Å²) in [4.78, 5) is 20.0. The Kier molecular flexibility index (Phi) is 5.90. The zero-order valence-electron chi connectivity index (χ0n) is 18.2. The highest BCUT2D eigenvalue weighted by molar-refractivity contribution is 7.89. The lowest BCUT2D eigenvalue weighted by atomic mass is 9.78. The predicted molar refractivity (Wildman–Crippen MR) is 117 cm³/mol. The third kappa shape index (κ3) is 3.87. The minimum atomic E-state index is -3.50. The first-order valence-electron chi connectivity index (χ1n) is 11.0. The number of carbonyl (C=O) groups excluding carboxylic acids is 1. The third-order valence-corrected chi connectivity index (χ3v) is 8.66. The summed E-state index contributed by atoms with van der Waals surface area (Å²) in [6.07, 6.45) is 8.32. The van der Waals surface area contributed by atoms with Gasteiger partial charge in [-0.25, -0.2) is 17.7 Å². The SMILES string of the molecule is CN(C)S(=O)(=O)c1ccc2c(c1)nc(CCC(=O)N1CCCC3CCCCC31)n2C. The number of benzene rings is 1. The summed E-state index contributed by atoms with van der Waals surface area (Å²) in [6.45, 7) is 0.883. The zero-order chi connectivity index (χ0) is 21.5. The first-order chi connectivity index (χ1) is 14.3. The molecule has 7 nitrogen and oxygen atoms in total. The molecule has 164 valence electrons. The fourth-order valence-electron chi connectivity index (χ4n) is 5.12. The lowest BCUT2D eigenvalue weighted by molar-refractivity contribution is -0.137. The van der Waals surface area contributed by atoms with E-state index in [1.807, 2.05) is 11.6 Å². The number of piperidine rings is 1. The molecule has 2 heterocycles. The smallest absolute Gasteiger partial charge is 0.242 e. The van der Waals surface area contributed by atoms with E-state index in [0.29, 0.717) is 30.3 Å². The third-order valence-electron chi connectivity index (χ3n) is 6.85. The van der Waals surface area contributed by atoms with Crippen LogP contribution in [0.3, 0.4) is 0 Å². The van der Waals surface area contributed by atoms with Crippen LogP contribution in [0.25, 0.3) is 11.0 Å². The summed E-state index contributed by atoms with van der Waals surface area (Å²) in [6, 6.07) is 5.46. The van der Waals surface area contributed by atoms with Crippen molar-refractivity contribution < 1.29 is 13.2 Å². The van der Waals surface area contributed by atoms with E-state index in [9.17, 15) is 13.2 Å². The van der Waals surface area contributed by atoms with E-state index < -0.39 is 10.0 Å². The second kappa shape index (κ2) is 8.30. The van der Waals surface area contributed by atoms with E-state index in [1.54, 1.807) is 18.2 Å². The summed E-state index contributed by atoms with van der Waals surface area (Å²) in [7, 11) is 1.46. The number of amides is 1. The molecule has 1 aliphatic heterocycles. The monoisotopic (exact) mass is 432 g/mol. The number of aromatic nitrogens is 2. The van der Waals surface area contributed by atoms with Crippen molar-refractivity contribution in [3.63, 3.8) is 0 Å². The van der Waals surface area contributed by atoms with E-state index in [4.69, 9.17) is 0 Å². The van der Waals surface area contributed by atoms with Crippen molar-refractivity contribution in [3.05, 3.63) is 24.0 Å². The van der Waals surface area contributed by atoms with Crippen LogP contribution in [0.4, 0.5) is 0 Å². The van der Waals surface area contributed by atoms with Crippen molar-refractivity contribution >= 4 is 27.0 Å². The van der Waals surface area contributed by atoms with Gasteiger partial charge in [-0.05, 0) is 49.8 Å². The standard InChI is InChI=1S/C22H32N4O3S/c1-24(2)30(28,29)17-10-11-20-18(15-17)23-21(25(20)3)12-13-22(27)26-14-6-8-16-7-4-5-9-19(16)26/h10-11,15-16,19H,4-9,12-14H2,1-3H3. The molecule has 2 aromatic rings. The van der Waals surface area contributed by atoms with Crippen LogP contribution in [0.2, 0.25) is 0 Å². The maximum absolute atomic E-state index is 13.0. The summed E-state index contributed by atoms with van der Waals surface area (Å²) in [5, 5.41) is 0. The topological polar surface area (TPSA) is 75.5 Å². The molecule has 2 unspecified atom stereocenters. The highest BCUT2D eigenvalue weighted by Gasteiger charge is 2.35. The van der Waals surface area contributed by atoms with E-state index in [-0.39, 0.29) is 10.8 Å². The average molecular weight is 433 g/mol. The summed E-state index contributed by atoms with van der Waals surface area (Å²) >= 11 is 0. The van der Waals surface area contributed by atoms with Crippen LogP contribution in [-0.2, 0) is 28.3 Å². The zero-order valence-corrected chi connectivity index (χ0v) is 19.0. The Morgan fingerprint density at radius 3 is 2.67 bits per heavy atom. The first kappa shape index (κ1) is 21.3. The molecule has 2 aliphatic rings. The lowest BCUT2D eigenvalue weighted by Crippen LogP contribution is -2.49. The number of sulfonamides is 1. The van der Waals surface area contributed by atoms with Crippen LogP contribution in [-0.4, -0.2) is 59.8 Å². The van der Waals surface area contributed by atoms with Gasteiger partial charge in [0.05, 0.1) is 15.9 Å². The van der Waals surface area contributed by atoms with E-state index in [0.717, 1.165) is 30.7 Å². The Bertz CT molecular complexity index is 1040. The van der Waals surface area contributed by atoms with Crippen molar-refractivity contribution in [1.29, 1.82) is 0 Å². The largest absolute Gasteiger partial charge is 0.339 e. The second-order valence-corrected chi connectivity index (χ2v) is 11.0. The van der Waals surface area contributed by atoms with Gasteiger partial charge in [0.15, 0.2) is 0 Å². The Labute approximate surface area is 179 Å². The first-order valence-corrected chi connectivity index (χ1v) is 12.4. The number of hydrogen-bond donors (Lipinski definition) is 0. The number of likely N-dealkylation sites (tertiary alicyclic amines) is 1. The van der Waals surface area contributed by atoms with Crippen molar-refractivity contribution in [1.82, 2.24) is 18.8 Å². The predicted octanol–water partition coefficient (Wildman–Crippen LogP) is 2.94. The van der Waals surface area contributed by atoms with Gasteiger partial charge in [-0.15, -0.1) is 0 Å². The molecule has 30 heavy (non-hydrogen) atoms. The maximum atomic E-state index is 13.0. The van der Waals surface area contributed by atoms with Crippen molar-refractivity contribution in [2.75, 3.05) is 20.6 Å². The summed E-state index contributed by atoms with van der Waals surface area (Å²) in [5.74, 6) is 1.73. The Morgan fingerprint density at radius 2 is 1.90 bits per heavy atom. The number of aryl methyl sites for hydroxylation is 2. The molecule has 0 radical (unpaired) electrons. The van der Waals surface area contributed by atoms with Gasteiger partial charge in [-0.2, -0.15) is 0 Å². The molecule has 2 atom stereocenters. The molecule has 1 aromatic heterocycles. The normalized spacial score (nSPS) is 22.5. The fourth-order valence-corrected chi connectivity index (χ4v) is 6.04. The molecule has 1 saturated carbocycles. The molecule has 1 aliphatic carbocycles. The second-order valence-electron chi connectivity index (χ2n) is 8.87. The van der Waals surface area contributed by atoms with E-state index in [2.05, 4.69) is 9.88 Å². The number of nitrogens with zero attached hydrogens (tertiary/aromatic N) is 4. The molecule has 0 N–H and O–H groups in total. The average Bonchev–Trinajstić information content (AvgIpc) is 3.06. The highest BCUT2D eigenvalue weighted by Crippen LogP contribution is 2.35. The number of hydrogen-bond acceptors (Lipinski definition) is 4. The number of carbonyl (C=O) groups is 1. The molecule has 0 bridgehead atoms. The van der Waals surface area contributed by atoms with Gasteiger partial charge in [-0.3, -0.25) is 4.79 Å². The summed E-state index contributed by atoms with van der Waals surface area (Å²) < 4.78 is 28.0. The molecule has 2 fully saturated rings. The maximum Gasteiger partial charge on any atom is 0.242 e. The molecular formula is C22H32N4O3S. The van der Waals surface area contributed by atoms with E-state index >= 15 is 0 Å².